The van der Waals surface area contributed by atoms with Crippen molar-refractivity contribution in [1.82, 2.24) is 50.9 Å². The number of carbonyl (C=O) groups is 10. The molecule has 524 valence electrons. The number of nitrogens with one attached hydrogen (secondary N) is 6. The van der Waals surface area contributed by atoms with Gasteiger partial charge in [-0.2, -0.15) is 0 Å². The Bertz CT molecular complexity index is 2810. The largest absolute Gasteiger partial charge is 0.379 e. The number of likely N-dealkylation sites (N-methyl/N-ethyl adjacent to an activating group) is 2. The molecule has 0 radical (unpaired) electrons. The maximum atomic E-state index is 14.5. The molecule has 8 N–H and O–H groups in total. The molecular formula is C64H105N11O17S. The van der Waals surface area contributed by atoms with Gasteiger partial charge >= 0.3 is 6.03 Å². The van der Waals surface area contributed by atoms with Gasteiger partial charge in [0.1, 0.15) is 18.1 Å². The summed E-state index contributed by atoms with van der Waals surface area (Å²) < 4.78 is 58.4. The molecule has 0 aromatic heterocycles. The van der Waals surface area contributed by atoms with Crippen LogP contribution in [0.5, 0.6) is 0 Å². The van der Waals surface area contributed by atoms with Crippen molar-refractivity contribution in [3.05, 3.63) is 42.0 Å². The lowest BCUT2D eigenvalue weighted by atomic mass is 9.89. The lowest BCUT2D eigenvalue weighted by Crippen LogP contribution is -2.59. The molecule has 0 spiro atoms. The summed E-state index contributed by atoms with van der Waals surface area (Å²) in [7, 11) is 3.71. The van der Waals surface area contributed by atoms with Crippen LogP contribution in [0.4, 0.5) is 4.79 Å². The number of carbonyl (C=O) groups excluding carboxylic acids is 10. The highest BCUT2D eigenvalue weighted by Gasteiger charge is 2.48. The van der Waals surface area contributed by atoms with Crippen molar-refractivity contribution >= 4 is 69.2 Å². The topological polar surface area (TPSA) is 362 Å². The fourth-order valence-electron chi connectivity index (χ4n) is 11.9. The minimum atomic E-state index is -4.48. The summed E-state index contributed by atoms with van der Waals surface area (Å²) in [6, 6.07) is 0.231. The molecule has 2 fully saturated rings. The Balaban J connectivity index is 1.36. The zero-order valence-electron chi connectivity index (χ0n) is 56.9. The molecule has 28 nitrogen and oxygen atoms in total. The van der Waals surface area contributed by atoms with Crippen LogP contribution in [0, 0.1) is 29.6 Å². The van der Waals surface area contributed by atoms with Gasteiger partial charge in [-0.25, -0.2) is 17.9 Å². The fraction of sp³-hybridized carbons (Fsp3) is 0.719. The van der Waals surface area contributed by atoms with E-state index in [4.69, 9.17) is 29.4 Å². The highest BCUT2D eigenvalue weighted by atomic mass is 32.2. The number of imide groups is 1. The van der Waals surface area contributed by atoms with Crippen LogP contribution in [0.1, 0.15) is 126 Å². The van der Waals surface area contributed by atoms with Crippen LogP contribution in [0.3, 0.4) is 0 Å². The number of sulfonamides is 1. The number of ether oxygens (including phenoxy) is 5. The molecule has 0 unspecified atom stereocenters. The van der Waals surface area contributed by atoms with Crippen LogP contribution < -0.4 is 37.0 Å². The van der Waals surface area contributed by atoms with Crippen molar-refractivity contribution in [1.29, 1.82) is 0 Å². The predicted molar refractivity (Wildman–Crippen MR) is 344 cm³/mol. The number of nitrogens with two attached hydrogens (primary N) is 1. The molecule has 3 aliphatic rings. The Hall–Kier alpha value is -6.63. The highest BCUT2D eigenvalue weighted by molar-refractivity contribution is 7.90. The Morgan fingerprint density at radius 2 is 1.32 bits per heavy atom. The second kappa shape index (κ2) is 37.5. The molecule has 1 aliphatic carbocycles. The molecule has 93 heavy (non-hydrogen) atoms. The van der Waals surface area contributed by atoms with Gasteiger partial charge in [-0.3, -0.25) is 53.0 Å². The van der Waals surface area contributed by atoms with Crippen LogP contribution in [-0.4, -0.2) is 230 Å². The quantitative estimate of drug-likeness (QED) is 0.0362. The van der Waals surface area contributed by atoms with Gasteiger partial charge in [0.25, 0.3) is 21.8 Å². The molecule has 1 aromatic rings. The van der Waals surface area contributed by atoms with Gasteiger partial charge in [0.2, 0.25) is 41.4 Å². The average Bonchev–Trinajstić information content (AvgIpc) is 1.63. The summed E-state index contributed by atoms with van der Waals surface area (Å²) in [5.41, 5.74) is 4.89. The molecule has 1 saturated carbocycles. The van der Waals surface area contributed by atoms with E-state index in [2.05, 4.69) is 31.3 Å². The van der Waals surface area contributed by atoms with Crippen molar-refractivity contribution in [2.45, 2.75) is 179 Å². The fourth-order valence-corrected chi connectivity index (χ4v) is 13.0. The number of nitrogens with zero attached hydrogens (tertiary/aromatic N) is 4. The molecule has 1 saturated heterocycles. The second-order valence-electron chi connectivity index (χ2n) is 25.6. The van der Waals surface area contributed by atoms with Crippen LogP contribution in [-0.2, 0) is 82.4 Å². The van der Waals surface area contributed by atoms with E-state index in [0.717, 1.165) is 4.90 Å². The van der Waals surface area contributed by atoms with Crippen molar-refractivity contribution in [2.75, 3.05) is 94.6 Å². The molecule has 2 heterocycles. The van der Waals surface area contributed by atoms with E-state index >= 15 is 0 Å². The summed E-state index contributed by atoms with van der Waals surface area (Å²) in [6.45, 7) is 18.2. The first-order valence-corrected chi connectivity index (χ1v) is 33.8. The maximum Gasteiger partial charge on any atom is 0.312 e. The first-order chi connectivity index (χ1) is 43.9. The first-order valence-electron chi connectivity index (χ1n) is 32.3. The third-order valence-corrected chi connectivity index (χ3v) is 18.8. The number of rotatable bonds is 42. The third-order valence-electron chi connectivity index (χ3n) is 17.5. The third kappa shape index (κ3) is 23.1. The first kappa shape index (κ1) is 78.8. The number of urea groups is 1. The summed E-state index contributed by atoms with van der Waals surface area (Å²) >= 11 is 0. The van der Waals surface area contributed by atoms with E-state index in [1.54, 1.807) is 30.7 Å². The van der Waals surface area contributed by atoms with Gasteiger partial charge in [-0.1, -0.05) is 80.9 Å². The normalized spacial score (nSPS) is 18.3. The predicted octanol–water partition coefficient (Wildman–Crippen LogP) is 1.68. The Labute approximate surface area is 549 Å². The van der Waals surface area contributed by atoms with Crippen LogP contribution in [0.25, 0.3) is 0 Å². The molecule has 1 aromatic carbocycles. The Kier molecular flexibility index (Phi) is 31.7. The van der Waals surface area contributed by atoms with E-state index in [1.165, 1.54) is 57.6 Å². The highest BCUT2D eigenvalue weighted by Crippen LogP contribution is 2.46. The van der Waals surface area contributed by atoms with E-state index in [-0.39, 0.29) is 131 Å². The lowest BCUT2D eigenvalue weighted by molar-refractivity contribution is -0.148. The van der Waals surface area contributed by atoms with Crippen molar-refractivity contribution in [3.63, 3.8) is 0 Å². The number of hydrogen-bond acceptors (Lipinski definition) is 18. The summed E-state index contributed by atoms with van der Waals surface area (Å²) in [5, 5.41) is 14.0. The van der Waals surface area contributed by atoms with Crippen molar-refractivity contribution < 1.29 is 80.0 Å². The number of hydrogen-bond donors (Lipinski definition) is 7. The standard InChI is InChI=1S/C64H105N11O17S/c1-15-42(8)56(73(12)62(84)54(40(4)5)69-61(83)55(41(6)7)72(10)11)48(88-13)38-52(79)74-30-17-19-47(74)57(89-14)43(9)58(80)71-93(86,87)45-22-20-44(21-23-45)64(27-28-64)70-59(81)46(18-16-29-66-63(65)85)67-60(82)53(39(2)3)68-49(76)26-32-90-34-36-92-37-35-91-33-31-75-50(77)24-25-51(75)78/h20-25,39-43,46-48,53-57H,15-19,26-38H2,1-14H3,(H,67,82)(H,68,76)(H,69,83)(H,70,81)(H,71,80)(H3,65,66,85)/t42-,43+,46-,47-,48+,53-,54-,55-,56-,57+/m0/s1. The smallest absolute Gasteiger partial charge is 0.312 e. The number of primary amides is 1. The van der Waals surface area contributed by atoms with Gasteiger partial charge < -0.3 is 65.8 Å². The van der Waals surface area contributed by atoms with Crippen LogP contribution >= 0.6 is 0 Å². The van der Waals surface area contributed by atoms with Gasteiger partial charge in [-0.05, 0) is 94.0 Å². The van der Waals surface area contributed by atoms with Gasteiger partial charge in [-0.15, -0.1) is 0 Å². The number of benzene rings is 1. The molecule has 2 aliphatic heterocycles. The zero-order chi connectivity index (χ0) is 69.5. The zero-order valence-corrected chi connectivity index (χ0v) is 57.7. The molecule has 11 amide bonds. The van der Waals surface area contributed by atoms with Crippen molar-refractivity contribution in [2.24, 2.45) is 35.3 Å². The van der Waals surface area contributed by atoms with E-state index in [0.29, 0.717) is 44.2 Å². The van der Waals surface area contributed by atoms with E-state index in [1.807, 2.05) is 60.5 Å². The molecule has 4 rings (SSSR count). The Morgan fingerprint density at radius 3 is 1.85 bits per heavy atom. The Morgan fingerprint density at radius 1 is 0.731 bits per heavy atom. The minimum Gasteiger partial charge on any atom is -0.379 e. The average molecular weight is 1330 g/mol. The summed E-state index contributed by atoms with van der Waals surface area (Å²) in [4.78, 5) is 138. The van der Waals surface area contributed by atoms with Crippen LogP contribution in [0.15, 0.2) is 41.3 Å². The van der Waals surface area contributed by atoms with E-state index in [9.17, 15) is 56.4 Å². The molecule has 10 atom stereocenters. The SMILES string of the molecule is CC[C@H](C)[C@@H]([C@@H](CC(=O)N1CCC[C@H]1[C@H](OC)[C@@H](C)C(=O)NS(=O)(=O)c1ccc(C2(NC(=O)[C@H](CCCNC(N)=O)NC(=O)[C@@H](NC(=O)CCOCCOCCOCCN3C(=O)C=CC3=O)C(C)C)CC2)cc1)OC)N(C)C(=O)[C@@H](NC(=O)[C@H](C(C)C)N(C)C)C(C)C. The van der Waals surface area contributed by atoms with Crippen molar-refractivity contribution in [3.8, 4) is 0 Å². The van der Waals surface area contributed by atoms with Gasteiger partial charge in [0, 0.05) is 52.9 Å². The van der Waals surface area contributed by atoms with Gasteiger partial charge in [0.15, 0.2) is 0 Å². The minimum absolute atomic E-state index is 0.0195. The van der Waals surface area contributed by atoms with E-state index < -0.39 is 106 Å². The lowest BCUT2D eigenvalue weighted by Gasteiger charge is -2.41. The molecule has 0 bridgehead atoms. The number of amides is 11. The summed E-state index contributed by atoms with van der Waals surface area (Å²) in [5.74, 6) is -6.07. The molecular weight excluding hydrogens is 1230 g/mol. The molecule has 29 heteroatoms. The maximum absolute atomic E-state index is 14.5. The summed E-state index contributed by atoms with van der Waals surface area (Å²) in [6.07, 6.45) is 3.44. The number of methoxy groups -OCH3 is 2. The number of likely N-dealkylation sites (tertiary alicyclic amines) is 1. The second-order valence-corrected chi connectivity index (χ2v) is 27.3. The van der Waals surface area contributed by atoms with Gasteiger partial charge in [0.05, 0.1) is 99.3 Å². The monoisotopic (exact) mass is 1330 g/mol. The van der Waals surface area contributed by atoms with Crippen LogP contribution in [0.2, 0.25) is 0 Å².